The van der Waals surface area contributed by atoms with Gasteiger partial charge in [0.05, 0.1) is 0 Å². The first-order valence-corrected chi connectivity index (χ1v) is 16.1. The van der Waals surface area contributed by atoms with E-state index in [9.17, 15) is 44.4 Å². The van der Waals surface area contributed by atoms with Gasteiger partial charge in [-0.15, -0.1) is 0 Å². The molecule has 3 N–H and O–H groups in total. The van der Waals surface area contributed by atoms with Gasteiger partial charge in [0, 0.05) is 55.4 Å². The SMILES string of the molecule is O=C(NCCN(CCNC(=O)c1cc2ccccc2c(=O)n1[O-])CCNC(=O)c1cc2ccccc2c(=O)n1[O-])c1cc2ccccc2c(=O)n1[O-].[La+3]. The van der Waals surface area contributed by atoms with Crippen molar-refractivity contribution in [2.75, 3.05) is 39.3 Å². The quantitative estimate of drug-likeness (QED) is 0.161. The van der Waals surface area contributed by atoms with Crippen LogP contribution in [-0.4, -0.2) is 76.1 Å². The summed E-state index contributed by atoms with van der Waals surface area (Å²) in [6, 6.07) is 23.0. The van der Waals surface area contributed by atoms with E-state index < -0.39 is 51.5 Å². The molecule has 16 nitrogen and oxygen atoms in total. The van der Waals surface area contributed by atoms with Crippen molar-refractivity contribution in [2.45, 2.75) is 0 Å². The molecule has 0 atom stereocenters. The molecule has 3 amide bonds. The van der Waals surface area contributed by atoms with Gasteiger partial charge in [-0.05, 0) is 52.6 Å². The first kappa shape index (κ1) is 38.5. The zero-order valence-corrected chi connectivity index (χ0v) is 31.6. The molecule has 53 heavy (non-hydrogen) atoms. The molecule has 3 aromatic heterocycles. The molecule has 0 spiro atoms. The number of benzene rings is 3. The first-order chi connectivity index (χ1) is 25.0. The third-order valence-electron chi connectivity index (χ3n) is 8.50. The largest absolute Gasteiger partial charge is 3.00 e. The Bertz CT molecular complexity index is 2270. The summed E-state index contributed by atoms with van der Waals surface area (Å²) in [5, 5.41) is 47.3. The molecular weight excluding hydrogens is 813 g/mol. The third-order valence-corrected chi connectivity index (χ3v) is 8.50. The molecule has 6 aromatic rings. The maximum absolute atomic E-state index is 13.0. The molecule has 0 aliphatic rings. The fourth-order valence-corrected chi connectivity index (χ4v) is 5.79. The minimum absolute atomic E-state index is 0. The van der Waals surface area contributed by atoms with Crippen LogP contribution in [0.2, 0.25) is 0 Å². The van der Waals surface area contributed by atoms with Crippen molar-refractivity contribution in [1.29, 1.82) is 0 Å². The second-order valence-corrected chi connectivity index (χ2v) is 11.8. The number of fused-ring (bicyclic) bond motifs is 3. The predicted octanol–water partition coefficient (Wildman–Crippen LogP) is 1.56. The van der Waals surface area contributed by atoms with Gasteiger partial charge < -0.3 is 45.8 Å². The summed E-state index contributed by atoms with van der Waals surface area (Å²) in [5.41, 5.74) is -3.81. The fraction of sp³-hybridized carbons (Fsp3) is 0.167. The van der Waals surface area contributed by atoms with Gasteiger partial charge >= 0.3 is 35.6 Å². The van der Waals surface area contributed by atoms with E-state index in [2.05, 4.69) is 16.0 Å². The molecule has 3 aromatic carbocycles. The summed E-state index contributed by atoms with van der Waals surface area (Å²) in [7, 11) is 0. The van der Waals surface area contributed by atoms with Crippen molar-refractivity contribution in [2.24, 2.45) is 0 Å². The third kappa shape index (κ3) is 8.18. The van der Waals surface area contributed by atoms with Crippen LogP contribution in [0.3, 0.4) is 0 Å². The molecule has 6 rings (SSSR count). The molecule has 0 unspecified atom stereocenters. The van der Waals surface area contributed by atoms with Crippen LogP contribution in [0.25, 0.3) is 32.3 Å². The Morgan fingerprint density at radius 1 is 0.491 bits per heavy atom. The molecule has 0 bridgehead atoms. The average Bonchev–Trinajstić information content (AvgIpc) is 3.15. The van der Waals surface area contributed by atoms with Crippen LogP contribution in [-0.2, 0) is 0 Å². The molecule has 0 aliphatic heterocycles. The van der Waals surface area contributed by atoms with Crippen LogP contribution < -0.4 is 32.6 Å². The van der Waals surface area contributed by atoms with Crippen molar-refractivity contribution in [3.05, 3.63) is 155 Å². The van der Waals surface area contributed by atoms with E-state index in [-0.39, 0.29) is 105 Å². The Hall–Kier alpha value is -5.75. The number of aromatic nitrogens is 3. The van der Waals surface area contributed by atoms with Gasteiger partial charge in [-0.1, -0.05) is 54.6 Å². The number of nitrogens with one attached hydrogen (secondary N) is 3. The van der Waals surface area contributed by atoms with E-state index in [1.807, 2.05) is 0 Å². The zero-order chi connectivity index (χ0) is 36.9. The molecule has 17 heteroatoms. The van der Waals surface area contributed by atoms with Crippen molar-refractivity contribution >= 4 is 50.0 Å². The molecular formula is C36H30LaN7O9. The Morgan fingerprint density at radius 2 is 0.755 bits per heavy atom. The maximum Gasteiger partial charge on any atom is 3.00 e. The fourth-order valence-electron chi connectivity index (χ4n) is 5.79. The molecule has 0 saturated heterocycles. The van der Waals surface area contributed by atoms with E-state index in [1.165, 1.54) is 36.4 Å². The Kier molecular flexibility index (Phi) is 12.1. The second-order valence-electron chi connectivity index (χ2n) is 11.8. The average molecular weight is 844 g/mol. The van der Waals surface area contributed by atoms with Crippen LogP contribution in [0.5, 0.6) is 0 Å². The summed E-state index contributed by atoms with van der Waals surface area (Å²) in [6.07, 6.45) is 0. The summed E-state index contributed by atoms with van der Waals surface area (Å²) in [5.74, 6) is -2.39. The second kappa shape index (κ2) is 16.7. The van der Waals surface area contributed by atoms with E-state index in [0.29, 0.717) is 16.2 Å². The molecule has 0 saturated carbocycles. The molecule has 0 aliphatic carbocycles. The van der Waals surface area contributed by atoms with Crippen molar-refractivity contribution < 1.29 is 50.0 Å². The van der Waals surface area contributed by atoms with Crippen LogP contribution in [0.4, 0.5) is 0 Å². The van der Waals surface area contributed by atoms with Crippen molar-refractivity contribution in [3.63, 3.8) is 0 Å². The number of carbonyl (C=O) groups is 3. The normalized spacial score (nSPS) is 11.0. The maximum atomic E-state index is 13.0. The van der Waals surface area contributed by atoms with Crippen LogP contribution >= 0.6 is 0 Å². The van der Waals surface area contributed by atoms with Crippen molar-refractivity contribution in [3.8, 4) is 0 Å². The summed E-state index contributed by atoms with van der Waals surface area (Å²) >= 11 is 0. The van der Waals surface area contributed by atoms with E-state index in [4.69, 9.17) is 0 Å². The monoisotopic (exact) mass is 843 g/mol. The minimum Gasteiger partial charge on any atom is -0.803 e. The number of carbonyl (C=O) groups excluding carboxylic acids is 3. The van der Waals surface area contributed by atoms with Gasteiger partial charge in [0.15, 0.2) is 0 Å². The molecule has 0 fully saturated rings. The van der Waals surface area contributed by atoms with Gasteiger partial charge in [0.25, 0.3) is 34.4 Å². The Balaban J connectivity index is 0.00000541. The van der Waals surface area contributed by atoms with Gasteiger partial charge in [0.2, 0.25) is 0 Å². The summed E-state index contributed by atoms with van der Waals surface area (Å²) < 4.78 is 0.0574. The number of rotatable bonds is 12. The first-order valence-electron chi connectivity index (χ1n) is 16.1. The zero-order valence-electron chi connectivity index (χ0n) is 27.9. The van der Waals surface area contributed by atoms with Crippen molar-refractivity contribution in [1.82, 2.24) is 35.0 Å². The Morgan fingerprint density at radius 3 is 1.04 bits per heavy atom. The molecule has 3 heterocycles. The van der Waals surface area contributed by atoms with Crippen LogP contribution in [0.1, 0.15) is 31.5 Å². The topological polar surface area (TPSA) is 226 Å². The predicted molar refractivity (Wildman–Crippen MR) is 194 cm³/mol. The summed E-state index contributed by atoms with van der Waals surface area (Å²) in [6.45, 7) is 0.280. The van der Waals surface area contributed by atoms with Crippen LogP contribution in [0, 0.1) is 51.2 Å². The molecule has 266 valence electrons. The minimum atomic E-state index is -0.874. The van der Waals surface area contributed by atoms with E-state index in [0.717, 1.165) is 0 Å². The molecule has 0 radical (unpaired) electrons. The number of amides is 3. The Labute approximate surface area is 327 Å². The number of hydrogen-bond acceptors (Lipinski definition) is 10. The number of nitrogens with zero attached hydrogens (tertiary/aromatic N) is 4. The van der Waals surface area contributed by atoms with Gasteiger partial charge in [-0.3, -0.25) is 33.7 Å². The standard InChI is InChI=1S/C36H30N7O9.La/c44-31(28-19-22-7-1-4-10-25(22)34(47)41(28)50)37-13-16-40(17-14-38-32(45)29-20-23-8-2-5-11-26(23)35(48)42(29)51)18-15-39-33(46)30-21-24-9-3-6-12-27(24)36(49)43(30)52;/h1-12,19-21H,13-18H2,(H,37,44)(H,38,45)(H,39,46);/q-3;+3. The summed E-state index contributed by atoms with van der Waals surface area (Å²) in [4.78, 5) is 78.1. The number of pyridine rings is 3. The number of hydrogen-bond donors (Lipinski definition) is 3. The van der Waals surface area contributed by atoms with Gasteiger partial charge in [-0.2, -0.15) is 0 Å². The van der Waals surface area contributed by atoms with Gasteiger partial charge in [0.1, 0.15) is 17.1 Å². The van der Waals surface area contributed by atoms with E-state index >= 15 is 0 Å². The van der Waals surface area contributed by atoms with Gasteiger partial charge in [-0.25, -0.2) is 0 Å². The van der Waals surface area contributed by atoms with Crippen LogP contribution in [0.15, 0.2) is 105 Å². The smallest absolute Gasteiger partial charge is 0.803 e. The van der Waals surface area contributed by atoms with E-state index in [1.54, 1.807) is 59.5 Å².